The number of methoxy groups -OCH3 is 2. The topological polar surface area (TPSA) is 27.7 Å². The number of ether oxygens (including phenoxy) is 3. The Morgan fingerprint density at radius 1 is 0.436 bits per heavy atom. The summed E-state index contributed by atoms with van der Waals surface area (Å²) in [6.07, 6.45) is 0. The van der Waals surface area contributed by atoms with Crippen LogP contribution in [-0.4, -0.2) is 14.2 Å². The van der Waals surface area contributed by atoms with Crippen LogP contribution in [-0.2, 0) is 0 Å². The lowest BCUT2D eigenvalue weighted by molar-refractivity contribution is 0.416. The lowest BCUT2D eigenvalue weighted by Crippen LogP contribution is -1.97. The van der Waals surface area contributed by atoms with Crippen LogP contribution in [0.2, 0.25) is 0 Å². The van der Waals surface area contributed by atoms with Crippen LogP contribution >= 0.6 is 159 Å². The van der Waals surface area contributed by atoms with Crippen LogP contribution in [0.15, 0.2) is 81.1 Å². The smallest absolute Gasteiger partial charge is 0.157 e. The van der Waals surface area contributed by atoms with Crippen molar-refractivity contribution in [2.24, 2.45) is 0 Å². The van der Waals surface area contributed by atoms with Gasteiger partial charge in [-0.15, -0.1) is 0 Å². The minimum Gasteiger partial charge on any atom is -0.496 e. The standard InChI is InChI=1S/C26H12Br10O3/c1-37-17-5-9(27)3-13(29)19(17)11-7-15(31)23(35)25(21(11)33)39-26-22(34)12(8-16(32)24(26)36)20-14(30)4-10(28)6-18(20)38-2/h3-8H,1-2H3. The Morgan fingerprint density at radius 2 is 0.795 bits per heavy atom. The molecule has 0 radical (unpaired) electrons. The van der Waals surface area contributed by atoms with Gasteiger partial charge in [0.1, 0.15) is 11.5 Å². The molecular formula is C26H12Br10O3. The van der Waals surface area contributed by atoms with E-state index in [1.54, 1.807) is 14.2 Å². The van der Waals surface area contributed by atoms with Crippen molar-refractivity contribution in [3.05, 3.63) is 81.1 Å². The highest BCUT2D eigenvalue weighted by atomic mass is 79.9. The third kappa shape index (κ3) is 6.77. The molecule has 0 aliphatic carbocycles. The molecule has 0 N–H and O–H groups in total. The fourth-order valence-corrected chi connectivity index (χ4v) is 9.87. The Morgan fingerprint density at radius 3 is 1.13 bits per heavy atom. The molecule has 39 heavy (non-hydrogen) atoms. The summed E-state index contributed by atoms with van der Waals surface area (Å²) in [5, 5.41) is 0. The molecule has 0 aromatic heterocycles. The van der Waals surface area contributed by atoms with E-state index in [4.69, 9.17) is 14.2 Å². The Bertz CT molecular complexity index is 1500. The summed E-state index contributed by atoms with van der Waals surface area (Å²) < 4.78 is 26.1. The zero-order valence-corrected chi connectivity index (χ0v) is 35.3. The number of rotatable bonds is 6. The van der Waals surface area contributed by atoms with Gasteiger partial charge in [-0.1, -0.05) is 31.9 Å². The second-order valence-corrected chi connectivity index (χ2v) is 16.2. The van der Waals surface area contributed by atoms with Gasteiger partial charge in [-0.3, -0.25) is 0 Å². The molecule has 0 aliphatic heterocycles. The van der Waals surface area contributed by atoms with Crippen LogP contribution in [0.1, 0.15) is 0 Å². The van der Waals surface area contributed by atoms with E-state index >= 15 is 0 Å². The van der Waals surface area contributed by atoms with Crippen molar-refractivity contribution in [2.75, 3.05) is 14.2 Å². The van der Waals surface area contributed by atoms with Gasteiger partial charge in [0.05, 0.1) is 32.1 Å². The van der Waals surface area contributed by atoms with Gasteiger partial charge < -0.3 is 14.2 Å². The van der Waals surface area contributed by atoms with Crippen LogP contribution in [0.25, 0.3) is 22.3 Å². The van der Waals surface area contributed by atoms with E-state index in [9.17, 15) is 0 Å². The lowest BCUT2D eigenvalue weighted by atomic mass is 10.0. The van der Waals surface area contributed by atoms with Gasteiger partial charge in [0.15, 0.2) is 11.5 Å². The molecule has 4 rings (SSSR count). The van der Waals surface area contributed by atoms with Gasteiger partial charge in [0.25, 0.3) is 0 Å². The summed E-state index contributed by atoms with van der Waals surface area (Å²) in [6.45, 7) is 0. The maximum Gasteiger partial charge on any atom is 0.157 e. The molecule has 4 aromatic carbocycles. The summed E-state index contributed by atoms with van der Waals surface area (Å²) in [5.74, 6) is 2.50. The van der Waals surface area contributed by atoms with Crippen LogP contribution in [0, 0.1) is 0 Å². The highest BCUT2D eigenvalue weighted by molar-refractivity contribution is 9.14. The Labute approximate surface area is 309 Å². The number of benzene rings is 4. The second-order valence-electron chi connectivity index (χ2n) is 7.76. The molecule has 3 nitrogen and oxygen atoms in total. The van der Waals surface area contributed by atoms with Crippen LogP contribution in [0.4, 0.5) is 0 Å². The van der Waals surface area contributed by atoms with E-state index in [1.807, 2.05) is 36.4 Å². The first-order valence-corrected chi connectivity index (χ1v) is 18.4. The zero-order valence-electron chi connectivity index (χ0n) is 19.5. The fraction of sp³-hybridized carbons (Fsp3) is 0.0769. The Hall–Kier alpha value is 1.08. The van der Waals surface area contributed by atoms with Gasteiger partial charge in [0.2, 0.25) is 0 Å². The first-order valence-electron chi connectivity index (χ1n) is 10.5. The molecule has 0 spiro atoms. The van der Waals surface area contributed by atoms with Crippen molar-refractivity contribution >= 4 is 159 Å². The highest BCUT2D eigenvalue weighted by Gasteiger charge is 2.26. The van der Waals surface area contributed by atoms with Crippen molar-refractivity contribution in [1.82, 2.24) is 0 Å². The molecule has 0 saturated carbocycles. The molecule has 0 unspecified atom stereocenters. The van der Waals surface area contributed by atoms with Gasteiger partial charge >= 0.3 is 0 Å². The maximum atomic E-state index is 6.68. The predicted molar refractivity (Wildman–Crippen MR) is 194 cm³/mol. The van der Waals surface area contributed by atoms with E-state index in [-0.39, 0.29) is 0 Å². The lowest BCUT2D eigenvalue weighted by Gasteiger charge is -2.21. The Kier molecular flexibility index (Phi) is 11.7. The summed E-state index contributed by atoms with van der Waals surface area (Å²) in [6, 6.07) is 11.8. The van der Waals surface area contributed by atoms with Gasteiger partial charge in [-0.05, 0) is 164 Å². The number of hydrogen-bond acceptors (Lipinski definition) is 3. The number of hydrogen-bond donors (Lipinski definition) is 0. The maximum absolute atomic E-state index is 6.68. The molecule has 13 heteroatoms. The monoisotopic (exact) mass is 1160 g/mol. The molecule has 0 amide bonds. The summed E-state index contributed by atoms with van der Waals surface area (Å²) in [7, 11) is 3.28. The van der Waals surface area contributed by atoms with Crippen molar-refractivity contribution in [1.29, 1.82) is 0 Å². The van der Waals surface area contributed by atoms with Crippen molar-refractivity contribution in [3.8, 4) is 45.3 Å². The second kappa shape index (κ2) is 13.8. The molecule has 0 bridgehead atoms. The largest absolute Gasteiger partial charge is 0.496 e. The number of halogens is 10. The average Bonchev–Trinajstić information content (AvgIpc) is 2.87. The van der Waals surface area contributed by atoms with Crippen LogP contribution in [0.3, 0.4) is 0 Å². The molecule has 204 valence electrons. The fourth-order valence-electron chi connectivity index (χ4n) is 3.75. The van der Waals surface area contributed by atoms with Gasteiger partial charge in [0, 0.05) is 49.1 Å². The molecule has 0 heterocycles. The van der Waals surface area contributed by atoms with E-state index in [0.29, 0.717) is 23.0 Å². The minimum atomic E-state index is 0.559. The molecule has 0 atom stereocenters. The van der Waals surface area contributed by atoms with E-state index in [2.05, 4.69) is 159 Å². The van der Waals surface area contributed by atoms with Crippen LogP contribution in [0.5, 0.6) is 23.0 Å². The summed E-state index contributed by atoms with van der Waals surface area (Å²) in [4.78, 5) is 0. The van der Waals surface area contributed by atoms with Crippen molar-refractivity contribution in [3.63, 3.8) is 0 Å². The SMILES string of the molecule is COc1cc(Br)cc(Br)c1-c1cc(Br)c(Br)c(Oc2c(Br)c(Br)cc(-c3c(Br)cc(Br)cc3OC)c2Br)c1Br. The first-order chi connectivity index (χ1) is 18.4. The zero-order chi connectivity index (χ0) is 28.8. The van der Waals surface area contributed by atoms with Crippen molar-refractivity contribution in [2.45, 2.75) is 0 Å². The highest BCUT2D eigenvalue weighted by Crippen LogP contribution is 2.54. The quantitative estimate of drug-likeness (QED) is 0.180. The van der Waals surface area contributed by atoms with E-state index in [0.717, 1.165) is 67.0 Å². The summed E-state index contributed by atoms with van der Waals surface area (Å²) >= 11 is 36.9. The third-order valence-electron chi connectivity index (χ3n) is 5.45. The third-order valence-corrected chi connectivity index (χ3v) is 13.1. The van der Waals surface area contributed by atoms with Crippen molar-refractivity contribution < 1.29 is 14.2 Å². The average molecular weight is 1170 g/mol. The van der Waals surface area contributed by atoms with Gasteiger partial charge in [-0.2, -0.15) is 0 Å². The molecule has 0 saturated heterocycles. The van der Waals surface area contributed by atoms with E-state index in [1.165, 1.54) is 0 Å². The molecule has 0 fully saturated rings. The predicted octanol–water partition coefficient (Wildman–Crippen LogP) is 14.5. The molecule has 0 aliphatic rings. The minimum absolute atomic E-state index is 0.559. The van der Waals surface area contributed by atoms with Gasteiger partial charge in [-0.25, -0.2) is 0 Å². The van der Waals surface area contributed by atoms with E-state index < -0.39 is 0 Å². The van der Waals surface area contributed by atoms with Crippen LogP contribution < -0.4 is 14.2 Å². The Balaban J connectivity index is 1.96. The normalized spacial score (nSPS) is 11.1. The molecule has 4 aromatic rings. The molecular weight excluding hydrogens is 1160 g/mol. The summed E-state index contributed by atoms with van der Waals surface area (Å²) in [5.41, 5.74) is 3.44. The first kappa shape index (κ1) is 33.0.